The first-order valence-corrected chi connectivity index (χ1v) is 9.08. The fourth-order valence-corrected chi connectivity index (χ4v) is 3.36. The van der Waals surface area contributed by atoms with E-state index in [-0.39, 0.29) is 5.78 Å². The van der Waals surface area contributed by atoms with Crippen LogP contribution in [0.25, 0.3) is 16.8 Å². The molecule has 0 aliphatic rings. The Hall–Kier alpha value is -3.39. The monoisotopic (exact) mass is 351 g/mol. The van der Waals surface area contributed by atoms with Crippen LogP contribution in [0.3, 0.4) is 0 Å². The molecule has 1 heterocycles. The molecule has 27 heavy (non-hydrogen) atoms. The lowest BCUT2D eigenvalue weighted by Crippen LogP contribution is -2.10. The zero-order chi connectivity index (χ0) is 18.8. The minimum absolute atomic E-state index is 0.0256. The molecule has 0 atom stereocenters. The smallest absolute Gasteiger partial charge is 0.210 e. The van der Waals surface area contributed by atoms with E-state index < -0.39 is 0 Å². The van der Waals surface area contributed by atoms with Crippen LogP contribution in [-0.2, 0) is 0 Å². The van der Waals surface area contributed by atoms with Crippen molar-refractivity contribution in [3.05, 3.63) is 114 Å². The first-order valence-electron chi connectivity index (χ1n) is 9.08. The van der Waals surface area contributed by atoms with Crippen LogP contribution >= 0.6 is 0 Å². The molecule has 2 heteroatoms. The number of benzene rings is 3. The van der Waals surface area contributed by atoms with E-state index in [1.165, 1.54) is 11.1 Å². The van der Waals surface area contributed by atoms with E-state index in [2.05, 4.69) is 56.3 Å². The number of hydrogen-bond acceptors (Lipinski definition) is 1. The van der Waals surface area contributed by atoms with Crippen molar-refractivity contribution >= 4 is 5.78 Å². The van der Waals surface area contributed by atoms with Gasteiger partial charge in [0.1, 0.15) is 5.69 Å². The van der Waals surface area contributed by atoms with Crippen LogP contribution in [-0.4, -0.2) is 10.4 Å². The summed E-state index contributed by atoms with van der Waals surface area (Å²) in [5.41, 5.74) is 6.75. The zero-order valence-corrected chi connectivity index (χ0v) is 15.5. The van der Waals surface area contributed by atoms with E-state index in [1.54, 1.807) is 0 Å². The van der Waals surface area contributed by atoms with Crippen molar-refractivity contribution in [2.75, 3.05) is 0 Å². The van der Waals surface area contributed by atoms with Crippen LogP contribution in [0.2, 0.25) is 0 Å². The third kappa shape index (κ3) is 3.34. The number of carbonyl (C=O) groups excluding carboxylic acids is 1. The molecule has 0 aliphatic heterocycles. The van der Waals surface area contributed by atoms with Gasteiger partial charge in [0, 0.05) is 23.0 Å². The molecule has 0 aliphatic carbocycles. The van der Waals surface area contributed by atoms with Gasteiger partial charge in [-0.2, -0.15) is 0 Å². The Balaban J connectivity index is 1.93. The van der Waals surface area contributed by atoms with Crippen molar-refractivity contribution in [1.29, 1.82) is 0 Å². The van der Waals surface area contributed by atoms with Crippen LogP contribution in [0.4, 0.5) is 0 Å². The number of hydrogen-bond donors (Lipinski definition) is 0. The highest BCUT2D eigenvalue weighted by Gasteiger charge is 2.20. The minimum Gasteiger partial charge on any atom is -0.313 e. The number of aryl methyl sites for hydroxylation is 2. The molecule has 0 fully saturated rings. The number of aromatic nitrogens is 1. The van der Waals surface area contributed by atoms with E-state index in [9.17, 15) is 4.79 Å². The third-order valence-electron chi connectivity index (χ3n) is 4.78. The molecule has 4 aromatic rings. The number of rotatable bonds is 4. The van der Waals surface area contributed by atoms with Gasteiger partial charge in [0.2, 0.25) is 5.78 Å². The van der Waals surface area contributed by atoms with Gasteiger partial charge in [-0.05, 0) is 37.6 Å². The van der Waals surface area contributed by atoms with E-state index in [0.717, 1.165) is 16.8 Å². The molecule has 0 radical (unpaired) electrons. The molecular formula is C25H21NO. The van der Waals surface area contributed by atoms with E-state index in [1.807, 2.05) is 53.2 Å². The third-order valence-corrected chi connectivity index (χ3v) is 4.78. The van der Waals surface area contributed by atoms with E-state index in [0.29, 0.717) is 11.3 Å². The summed E-state index contributed by atoms with van der Waals surface area (Å²) in [5, 5.41) is 0. The summed E-state index contributed by atoms with van der Waals surface area (Å²) in [5.74, 6) is 0.0256. The molecule has 0 amide bonds. The molecule has 0 bridgehead atoms. The van der Waals surface area contributed by atoms with Crippen molar-refractivity contribution < 1.29 is 4.79 Å². The van der Waals surface area contributed by atoms with Crippen molar-refractivity contribution in [2.24, 2.45) is 0 Å². The molecule has 2 nitrogen and oxygen atoms in total. The van der Waals surface area contributed by atoms with Crippen LogP contribution in [0.5, 0.6) is 0 Å². The Bertz CT molecular complexity index is 1090. The van der Waals surface area contributed by atoms with Gasteiger partial charge in [0.15, 0.2) is 0 Å². The molecule has 0 N–H and O–H groups in total. The van der Waals surface area contributed by atoms with Gasteiger partial charge >= 0.3 is 0 Å². The second kappa shape index (κ2) is 7.08. The summed E-state index contributed by atoms with van der Waals surface area (Å²) in [7, 11) is 0. The number of carbonyl (C=O) groups is 1. The van der Waals surface area contributed by atoms with Gasteiger partial charge in [-0.15, -0.1) is 0 Å². The fourth-order valence-electron chi connectivity index (χ4n) is 3.36. The van der Waals surface area contributed by atoms with Crippen molar-refractivity contribution in [3.63, 3.8) is 0 Å². The van der Waals surface area contributed by atoms with Gasteiger partial charge < -0.3 is 4.57 Å². The van der Waals surface area contributed by atoms with Crippen LogP contribution < -0.4 is 0 Å². The first-order chi connectivity index (χ1) is 13.1. The average molecular weight is 351 g/mol. The SMILES string of the molecule is Cc1ccc(-n2ccc(-c3cccc(C)c3)c2C(=O)c2ccccc2)cc1. The number of nitrogens with zero attached hydrogens (tertiary/aromatic N) is 1. The van der Waals surface area contributed by atoms with E-state index in [4.69, 9.17) is 0 Å². The molecule has 0 saturated heterocycles. The normalized spacial score (nSPS) is 10.7. The lowest BCUT2D eigenvalue weighted by molar-refractivity contribution is 0.103. The molecular weight excluding hydrogens is 330 g/mol. The van der Waals surface area contributed by atoms with Gasteiger partial charge in [0.05, 0.1) is 0 Å². The highest BCUT2D eigenvalue weighted by atomic mass is 16.1. The Morgan fingerprint density at radius 3 is 2.19 bits per heavy atom. The summed E-state index contributed by atoms with van der Waals surface area (Å²) >= 11 is 0. The first kappa shape index (κ1) is 17.0. The van der Waals surface area contributed by atoms with Crippen LogP contribution in [0, 0.1) is 13.8 Å². The largest absolute Gasteiger partial charge is 0.313 e. The second-order valence-electron chi connectivity index (χ2n) is 6.85. The molecule has 0 spiro atoms. The Labute approximate surface area is 159 Å². The van der Waals surface area contributed by atoms with Crippen LogP contribution in [0.15, 0.2) is 91.1 Å². The van der Waals surface area contributed by atoms with Gasteiger partial charge in [-0.1, -0.05) is 77.9 Å². The van der Waals surface area contributed by atoms with Gasteiger partial charge in [-0.25, -0.2) is 0 Å². The molecule has 0 saturated carbocycles. The summed E-state index contributed by atoms with van der Waals surface area (Å²) in [6.07, 6.45) is 1.98. The maximum Gasteiger partial charge on any atom is 0.210 e. The Morgan fingerprint density at radius 2 is 1.48 bits per heavy atom. The van der Waals surface area contributed by atoms with Gasteiger partial charge in [-0.3, -0.25) is 4.79 Å². The topological polar surface area (TPSA) is 22.0 Å². The van der Waals surface area contributed by atoms with Gasteiger partial charge in [0.25, 0.3) is 0 Å². The Morgan fingerprint density at radius 1 is 0.741 bits per heavy atom. The summed E-state index contributed by atoms with van der Waals surface area (Å²) < 4.78 is 1.99. The predicted molar refractivity (Wildman–Crippen MR) is 111 cm³/mol. The highest BCUT2D eigenvalue weighted by Crippen LogP contribution is 2.30. The second-order valence-corrected chi connectivity index (χ2v) is 6.85. The molecule has 4 rings (SSSR count). The quantitative estimate of drug-likeness (QED) is 0.414. The van der Waals surface area contributed by atoms with Crippen molar-refractivity contribution in [1.82, 2.24) is 4.57 Å². The zero-order valence-electron chi connectivity index (χ0n) is 15.5. The minimum atomic E-state index is 0.0256. The Kier molecular flexibility index (Phi) is 4.47. The van der Waals surface area contributed by atoms with Crippen molar-refractivity contribution in [2.45, 2.75) is 13.8 Å². The molecule has 1 aromatic heterocycles. The standard InChI is InChI=1S/C25H21NO/c1-18-11-13-22(14-12-18)26-16-15-23(21-10-6-7-19(2)17-21)24(26)25(27)20-8-4-3-5-9-20/h3-17H,1-2H3. The average Bonchev–Trinajstić information content (AvgIpc) is 3.14. The summed E-state index contributed by atoms with van der Waals surface area (Å²) in [6, 6.07) is 28.0. The maximum atomic E-state index is 13.4. The lowest BCUT2D eigenvalue weighted by atomic mass is 9.99. The molecule has 132 valence electrons. The van der Waals surface area contributed by atoms with Crippen LogP contribution in [0.1, 0.15) is 27.2 Å². The van der Waals surface area contributed by atoms with Crippen molar-refractivity contribution in [3.8, 4) is 16.8 Å². The fraction of sp³-hybridized carbons (Fsp3) is 0.0800. The lowest BCUT2D eigenvalue weighted by Gasteiger charge is -2.12. The summed E-state index contributed by atoms with van der Waals surface area (Å²) in [6.45, 7) is 4.13. The highest BCUT2D eigenvalue weighted by molar-refractivity contribution is 6.12. The van der Waals surface area contributed by atoms with E-state index >= 15 is 0 Å². The maximum absolute atomic E-state index is 13.4. The predicted octanol–water partition coefficient (Wildman–Crippen LogP) is 5.99. The molecule has 3 aromatic carbocycles. The molecule has 0 unspecified atom stereocenters. The number of ketones is 1. The summed E-state index contributed by atoms with van der Waals surface area (Å²) in [4.78, 5) is 13.4.